The van der Waals surface area contributed by atoms with Crippen molar-refractivity contribution in [3.8, 4) is 0 Å². The van der Waals surface area contributed by atoms with E-state index in [2.05, 4.69) is 20.7 Å². The molecule has 2 aromatic rings. The summed E-state index contributed by atoms with van der Waals surface area (Å²) < 4.78 is 27.1. The van der Waals surface area contributed by atoms with Gasteiger partial charge >= 0.3 is 0 Å². The van der Waals surface area contributed by atoms with E-state index in [4.69, 9.17) is 0 Å². The van der Waals surface area contributed by atoms with E-state index < -0.39 is 11.6 Å². The molecule has 1 N–H and O–H groups in total. The van der Waals surface area contributed by atoms with Crippen LogP contribution in [0.2, 0.25) is 0 Å². The molecule has 0 spiro atoms. The number of hydrogen-bond donors (Lipinski definition) is 1. The maximum Gasteiger partial charge on any atom is 0.176 e. The van der Waals surface area contributed by atoms with Gasteiger partial charge in [0.2, 0.25) is 0 Å². The van der Waals surface area contributed by atoms with E-state index >= 15 is 0 Å². The third-order valence-corrected chi connectivity index (χ3v) is 2.74. The van der Waals surface area contributed by atoms with Crippen LogP contribution in [0.5, 0.6) is 0 Å². The molecule has 0 fully saturated rings. The average molecular weight is 267 g/mol. The Bertz CT molecular complexity index is 555. The predicted octanol–water partition coefficient (Wildman–Crippen LogP) is 1.38. The van der Waals surface area contributed by atoms with Crippen molar-refractivity contribution in [2.75, 3.05) is 6.54 Å². The second kappa shape index (κ2) is 5.83. The van der Waals surface area contributed by atoms with Crippen molar-refractivity contribution in [3.05, 3.63) is 41.2 Å². The standard InChI is InChI=1S/C12H15F2N5/c1-3-15-10(7-11-16-18-19(2)17-11)8-5-4-6-9(13)12(8)14/h4-6,10,15H,3,7H2,1-2H3. The Morgan fingerprint density at radius 1 is 1.37 bits per heavy atom. The van der Waals surface area contributed by atoms with Crippen LogP contribution in [0.25, 0.3) is 0 Å². The number of benzene rings is 1. The number of aryl methyl sites for hydroxylation is 1. The zero-order valence-electron chi connectivity index (χ0n) is 10.8. The van der Waals surface area contributed by atoms with E-state index in [9.17, 15) is 8.78 Å². The normalized spacial score (nSPS) is 12.6. The van der Waals surface area contributed by atoms with Crippen LogP contribution in [0.1, 0.15) is 24.4 Å². The number of tetrazole rings is 1. The van der Waals surface area contributed by atoms with Crippen molar-refractivity contribution in [1.29, 1.82) is 0 Å². The van der Waals surface area contributed by atoms with Gasteiger partial charge in [-0.25, -0.2) is 8.78 Å². The quantitative estimate of drug-likeness (QED) is 0.889. The average Bonchev–Trinajstić information content (AvgIpc) is 2.78. The number of rotatable bonds is 5. The maximum absolute atomic E-state index is 13.8. The summed E-state index contributed by atoms with van der Waals surface area (Å²) >= 11 is 0. The molecule has 0 aliphatic rings. The van der Waals surface area contributed by atoms with Crippen LogP contribution >= 0.6 is 0 Å². The van der Waals surface area contributed by atoms with Gasteiger partial charge in [0.05, 0.1) is 7.05 Å². The zero-order valence-corrected chi connectivity index (χ0v) is 10.8. The van der Waals surface area contributed by atoms with Crippen LogP contribution < -0.4 is 5.32 Å². The highest BCUT2D eigenvalue weighted by molar-refractivity contribution is 5.23. The number of likely N-dealkylation sites (N-methyl/N-ethyl adjacent to an activating group) is 1. The first-order valence-corrected chi connectivity index (χ1v) is 6.02. The summed E-state index contributed by atoms with van der Waals surface area (Å²) in [6.07, 6.45) is 0.349. The molecule has 1 aromatic heterocycles. The highest BCUT2D eigenvalue weighted by Gasteiger charge is 2.19. The maximum atomic E-state index is 13.8. The number of aromatic nitrogens is 4. The van der Waals surface area contributed by atoms with Gasteiger partial charge in [-0.2, -0.15) is 4.80 Å². The van der Waals surface area contributed by atoms with Crippen LogP contribution in [0.3, 0.4) is 0 Å². The Balaban J connectivity index is 2.26. The molecule has 0 bridgehead atoms. The van der Waals surface area contributed by atoms with E-state index in [0.717, 1.165) is 6.07 Å². The van der Waals surface area contributed by atoms with E-state index in [1.807, 2.05) is 6.92 Å². The summed E-state index contributed by atoms with van der Waals surface area (Å²) in [5.74, 6) is -1.21. The molecule has 1 heterocycles. The largest absolute Gasteiger partial charge is 0.310 e. The lowest BCUT2D eigenvalue weighted by molar-refractivity contribution is 0.460. The molecule has 0 saturated heterocycles. The van der Waals surface area contributed by atoms with Gasteiger partial charge in [0, 0.05) is 18.0 Å². The molecule has 1 unspecified atom stereocenters. The van der Waals surface area contributed by atoms with Crippen molar-refractivity contribution in [2.24, 2.45) is 7.05 Å². The lowest BCUT2D eigenvalue weighted by Gasteiger charge is -2.17. The predicted molar refractivity (Wildman–Crippen MR) is 65.3 cm³/mol. The van der Waals surface area contributed by atoms with E-state index in [0.29, 0.717) is 18.8 Å². The number of nitrogens with zero attached hydrogens (tertiary/aromatic N) is 4. The summed E-state index contributed by atoms with van der Waals surface area (Å²) in [6.45, 7) is 2.52. The molecule has 7 heteroatoms. The molecule has 1 aromatic carbocycles. The van der Waals surface area contributed by atoms with Crippen LogP contribution in [-0.2, 0) is 13.5 Å². The van der Waals surface area contributed by atoms with Crippen LogP contribution in [0.15, 0.2) is 18.2 Å². The molecule has 19 heavy (non-hydrogen) atoms. The van der Waals surface area contributed by atoms with Crippen molar-refractivity contribution >= 4 is 0 Å². The monoisotopic (exact) mass is 267 g/mol. The van der Waals surface area contributed by atoms with Gasteiger partial charge < -0.3 is 5.32 Å². The minimum absolute atomic E-state index is 0.273. The summed E-state index contributed by atoms with van der Waals surface area (Å²) in [5, 5.41) is 14.7. The van der Waals surface area contributed by atoms with E-state index in [1.54, 1.807) is 13.1 Å². The fourth-order valence-electron chi connectivity index (χ4n) is 1.92. The molecule has 0 radical (unpaired) electrons. The van der Waals surface area contributed by atoms with Gasteiger partial charge in [0.1, 0.15) is 0 Å². The Hall–Kier alpha value is -1.89. The number of halogens is 2. The molecule has 0 saturated carbocycles. The first kappa shape index (κ1) is 13.5. The van der Waals surface area contributed by atoms with Gasteiger partial charge in [-0.05, 0) is 17.8 Å². The van der Waals surface area contributed by atoms with Crippen LogP contribution in [0, 0.1) is 11.6 Å². The lowest BCUT2D eigenvalue weighted by Crippen LogP contribution is -2.24. The summed E-state index contributed by atoms with van der Waals surface area (Å²) in [7, 11) is 1.65. The van der Waals surface area contributed by atoms with Crippen molar-refractivity contribution in [2.45, 2.75) is 19.4 Å². The SMILES string of the molecule is CCNC(Cc1nnn(C)n1)c1cccc(F)c1F. The van der Waals surface area contributed by atoms with Crippen molar-refractivity contribution in [3.63, 3.8) is 0 Å². The molecule has 5 nitrogen and oxygen atoms in total. The smallest absolute Gasteiger partial charge is 0.176 e. The van der Waals surface area contributed by atoms with Crippen LogP contribution in [-0.4, -0.2) is 26.8 Å². The molecular weight excluding hydrogens is 252 g/mol. The second-order valence-corrected chi connectivity index (χ2v) is 4.15. The molecule has 2 rings (SSSR count). The number of nitrogens with one attached hydrogen (secondary N) is 1. The summed E-state index contributed by atoms with van der Waals surface area (Å²) in [6, 6.07) is 3.76. The van der Waals surface area contributed by atoms with Gasteiger partial charge in [-0.1, -0.05) is 19.1 Å². The first-order chi connectivity index (χ1) is 9.11. The molecule has 0 aliphatic carbocycles. The van der Waals surface area contributed by atoms with E-state index in [-0.39, 0.29) is 11.6 Å². The zero-order chi connectivity index (χ0) is 13.8. The van der Waals surface area contributed by atoms with E-state index in [1.165, 1.54) is 10.9 Å². The highest BCUT2D eigenvalue weighted by atomic mass is 19.2. The Morgan fingerprint density at radius 2 is 2.16 bits per heavy atom. The number of hydrogen-bond acceptors (Lipinski definition) is 4. The Labute approximate surface area is 109 Å². The molecule has 0 aliphatic heterocycles. The minimum Gasteiger partial charge on any atom is -0.310 e. The third kappa shape index (κ3) is 3.11. The fourth-order valence-corrected chi connectivity index (χ4v) is 1.92. The molecular formula is C12H15F2N5. The first-order valence-electron chi connectivity index (χ1n) is 6.02. The highest BCUT2D eigenvalue weighted by Crippen LogP contribution is 2.21. The minimum atomic E-state index is -0.854. The molecule has 1 atom stereocenters. The fraction of sp³-hybridized carbons (Fsp3) is 0.417. The topological polar surface area (TPSA) is 55.6 Å². The molecule has 102 valence electrons. The lowest BCUT2D eigenvalue weighted by atomic mass is 10.0. The third-order valence-electron chi connectivity index (χ3n) is 2.74. The van der Waals surface area contributed by atoms with Gasteiger partial charge in [-0.3, -0.25) is 0 Å². The van der Waals surface area contributed by atoms with Crippen molar-refractivity contribution in [1.82, 2.24) is 25.5 Å². The summed E-state index contributed by atoms with van der Waals surface area (Å²) in [5.41, 5.74) is 0.273. The van der Waals surface area contributed by atoms with Crippen molar-refractivity contribution < 1.29 is 8.78 Å². The Morgan fingerprint density at radius 3 is 2.79 bits per heavy atom. The van der Waals surface area contributed by atoms with Crippen LogP contribution in [0.4, 0.5) is 8.78 Å². The van der Waals surface area contributed by atoms with Gasteiger partial charge in [-0.15, -0.1) is 10.2 Å². The molecule has 0 amide bonds. The summed E-state index contributed by atoms with van der Waals surface area (Å²) in [4.78, 5) is 1.33. The van der Waals surface area contributed by atoms with Gasteiger partial charge in [0.25, 0.3) is 0 Å². The second-order valence-electron chi connectivity index (χ2n) is 4.15. The van der Waals surface area contributed by atoms with Gasteiger partial charge in [0.15, 0.2) is 17.5 Å². The Kier molecular flexibility index (Phi) is 4.16.